The topological polar surface area (TPSA) is 20.2 Å². The lowest BCUT2D eigenvalue weighted by Crippen LogP contribution is -2.36. The Balaban J connectivity index is 2.36. The van der Waals surface area contributed by atoms with E-state index >= 15 is 0 Å². The van der Waals surface area contributed by atoms with Crippen LogP contribution < -0.4 is 0 Å². The Hall–Kier alpha value is -0.820. The third-order valence-corrected chi connectivity index (χ3v) is 4.69. The van der Waals surface area contributed by atoms with E-state index in [0.717, 1.165) is 24.8 Å². The molecule has 1 heteroatoms. The van der Waals surface area contributed by atoms with E-state index in [-0.39, 0.29) is 10.8 Å². The molecule has 1 N–H and O–H groups in total. The maximum atomic E-state index is 11.0. The third kappa shape index (κ3) is 2.09. The lowest BCUT2D eigenvalue weighted by atomic mass is 9.73. The molecule has 0 spiro atoms. The number of rotatable bonds is 1. The molecule has 0 heterocycles. The van der Waals surface area contributed by atoms with Crippen molar-refractivity contribution in [3.63, 3.8) is 0 Å². The van der Waals surface area contributed by atoms with Crippen molar-refractivity contribution in [1.29, 1.82) is 0 Å². The number of hydrogen-bond acceptors (Lipinski definition) is 1. The molecule has 0 bridgehead atoms. The van der Waals surface area contributed by atoms with Crippen LogP contribution in [0.15, 0.2) is 24.3 Å². The maximum absolute atomic E-state index is 11.0. The molecule has 1 fully saturated rings. The van der Waals surface area contributed by atoms with Crippen molar-refractivity contribution in [3.8, 4) is 0 Å². The first-order valence-electron chi connectivity index (χ1n) is 7.00. The average Bonchev–Trinajstić information content (AvgIpc) is 2.54. The molecule has 1 aromatic rings. The Labute approximate surface area is 111 Å². The zero-order chi connectivity index (χ0) is 13.6. The van der Waals surface area contributed by atoms with Gasteiger partial charge in [-0.2, -0.15) is 0 Å². The minimum Gasteiger partial charge on any atom is -0.385 e. The fraction of sp³-hybridized carbons (Fsp3) is 0.647. The van der Waals surface area contributed by atoms with Gasteiger partial charge in [0.25, 0.3) is 0 Å². The van der Waals surface area contributed by atoms with Gasteiger partial charge in [-0.15, -0.1) is 0 Å². The van der Waals surface area contributed by atoms with Crippen LogP contribution in [-0.2, 0) is 11.0 Å². The first kappa shape index (κ1) is 13.6. The molecular formula is C17H26O. The molecule has 100 valence electrons. The van der Waals surface area contributed by atoms with E-state index in [1.807, 2.05) is 0 Å². The zero-order valence-electron chi connectivity index (χ0n) is 12.4. The first-order chi connectivity index (χ1) is 8.17. The summed E-state index contributed by atoms with van der Waals surface area (Å²) in [5.41, 5.74) is 1.91. The quantitative estimate of drug-likeness (QED) is 0.779. The van der Waals surface area contributed by atoms with Gasteiger partial charge in [-0.05, 0) is 41.2 Å². The van der Waals surface area contributed by atoms with Crippen molar-refractivity contribution in [2.24, 2.45) is 5.41 Å². The molecule has 2 rings (SSSR count). The molecule has 0 saturated heterocycles. The lowest BCUT2D eigenvalue weighted by Gasteiger charge is -2.37. The second kappa shape index (κ2) is 4.09. The smallest absolute Gasteiger partial charge is 0.0947 e. The van der Waals surface area contributed by atoms with Gasteiger partial charge in [0.15, 0.2) is 0 Å². The van der Waals surface area contributed by atoms with Crippen LogP contribution in [0.5, 0.6) is 0 Å². The van der Waals surface area contributed by atoms with Crippen molar-refractivity contribution >= 4 is 0 Å². The largest absolute Gasteiger partial charge is 0.385 e. The van der Waals surface area contributed by atoms with Crippen LogP contribution in [0.1, 0.15) is 65.0 Å². The van der Waals surface area contributed by atoms with Crippen molar-refractivity contribution in [2.45, 2.75) is 64.9 Å². The molecular weight excluding hydrogens is 220 g/mol. The summed E-state index contributed by atoms with van der Waals surface area (Å²) in [7, 11) is 0. The van der Waals surface area contributed by atoms with Gasteiger partial charge in [0, 0.05) is 0 Å². The molecule has 0 aromatic heterocycles. The fourth-order valence-electron chi connectivity index (χ4n) is 3.11. The normalized spacial score (nSPS) is 27.4. The molecule has 1 aromatic carbocycles. The molecule has 1 unspecified atom stereocenters. The number of benzene rings is 1. The molecule has 1 aliphatic rings. The molecule has 1 saturated carbocycles. The van der Waals surface area contributed by atoms with Crippen molar-refractivity contribution in [2.75, 3.05) is 0 Å². The van der Waals surface area contributed by atoms with Crippen molar-refractivity contribution in [1.82, 2.24) is 0 Å². The average molecular weight is 246 g/mol. The summed E-state index contributed by atoms with van der Waals surface area (Å²) in [5, 5.41) is 11.0. The fourth-order valence-corrected chi connectivity index (χ4v) is 3.11. The van der Waals surface area contributed by atoms with Gasteiger partial charge in [-0.25, -0.2) is 0 Å². The number of aliphatic hydroxyl groups is 1. The van der Waals surface area contributed by atoms with E-state index in [0.29, 0.717) is 0 Å². The van der Waals surface area contributed by atoms with Crippen LogP contribution in [0.4, 0.5) is 0 Å². The molecule has 0 aliphatic heterocycles. The Morgan fingerprint density at radius 1 is 1.00 bits per heavy atom. The van der Waals surface area contributed by atoms with Crippen molar-refractivity contribution in [3.05, 3.63) is 35.4 Å². The van der Waals surface area contributed by atoms with Crippen LogP contribution in [-0.4, -0.2) is 5.11 Å². The summed E-state index contributed by atoms with van der Waals surface area (Å²) >= 11 is 0. The first-order valence-corrected chi connectivity index (χ1v) is 7.00. The predicted octanol–water partition coefficient (Wildman–Crippen LogP) is 4.38. The van der Waals surface area contributed by atoms with Crippen LogP contribution in [0.3, 0.4) is 0 Å². The highest BCUT2D eigenvalue weighted by molar-refractivity contribution is 5.32. The van der Waals surface area contributed by atoms with E-state index < -0.39 is 5.60 Å². The lowest BCUT2D eigenvalue weighted by molar-refractivity contribution is -0.0485. The summed E-state index contributed by atoms with van der Waals surface area (Å²) in [6.45, 7) is 11.0. The van der Waals surface area contributed by atoms with E-state index in [4.69, 9.17) is 0 Å². The molecule has 0 amide bonds. The van der Waals surface area contributed by atoms with Crippen molar-refractivity contribution < 1.29 is 5.11 Å². The highest BCUT2D eigenvalue weighted by Crippen LogP contribution is 2.52. The molecule has 18 heavy (non-hydrogen) atoms. The van der Waals surface area contributed by atoms with Gasteiger partial charge in [0.1, 0.15) is 0 Å². The summed E-state index contributed by atoms with van der Waals surface area (Å²) < 4.78 is 0. The molecule has 1 aliphatic carbocycles. The van der Waals surface area contributed by atoms with Gasteiger partial charge >= 0.3 is 0 Å². The van der Waals surface area contributed by atoms with Crippen LogP contribution in [0.2, 0.25) is 0 Å². The second-order valence-corrected chi connectivity index (χ2v) is 7.43. The molecule has 1 atom stereocenters. The van der Waals surface area contributed by atoms with Crippen LogP contribution in [0.25, 0.3) is 0 Å². The number of hydrogen-bond donors (Lipinski definition) is 1. The minimum atomic E-state index is -0.649. The van der Waals surface area contributed by atoms with E-state index in [9.17, 15) is 5.11 Å². The van der Waals surface area contributed by atoms with Gasteiger partial charge in [0.2, 0.25) is 0 Å². The second-order valence-electron chi connectivity index (χ2n) is 7.43. The third-order valence-electron chi connectivity index (χ3n) is 4.69. The Kier molecular flexibility index (Phi) is 3.09. The minimum absolute atomic E-state index is 0.0176. The van der Waals surface area contributed by atoms with E-state index in [1.165, 1.54) is 5.56 Å². The Morgan fingerprint density at radius 3 is 1.94 bits per heavy atom. The molecule has 1 nitrogen and oxygen atoms in total. The van der Waals surface area contributed by atoms with Gasteiger partial charge < -0.3 is 5.11 Å². The van der Waals surface area contributed by atoms with Gasteiger partial charge in [-0.3, -0.25) is 0 Å². The summed E-state index contributed by atoms with van der Waals surface area (Å²) in [6, 6.07) is 8.57. The van der Waals surface area contributed by atoms with E-state index in [1.54, 1.807) is 0 Å². The maximum Gasteiger partial charge on any atom is 0.0947 e. The van der Waals surface area contributed by atoms with Crippen LogP contribution >= 0.6 is 0 Å². The molecule has 0 radical (unpaired) electrons. The Bertz CT molecular complexity index is 422. The summed E-state index contributed by atoms with van der Waals surface area (Å²) in [4.78, 5) is 0. The highest BCUT2D eigenvalue weighted by atomic mass is 16.3. The van der Waals surface area contributed by atoms with E-state index in [2.05, 4.69) is 58.9 Å². The van der Waals surface area contributed by atoms with Gasteiger partial charge in [0.05, 0.1) is 5.60 Å². The van der Waals surface area contributed by atoms with Crippen LogP contribution in [0, 0.1) is 5.41 Å². The summed E-state index contributed by atoms with van der Waals surface area (Å²) in [5.74, 6) is 0. The summed E-state index contributed by atoms with van der Waals surface area (Å²) in [6.07, 6.45) is 3.10. The highest BCUT2D eigenvalue weighted by Gasteiger charge is 2.48. The SMILES string of the molecule is CC(C)(C)c1ccc(C2(O)CCCC2(C)C)cc1. The monoisotopic (exact) mass is 246 g/mol. The predicted molar refractivity (Wildman–Crippen MR) is 76.7 cm³/mol. The zero-order valence-corrected chi connectivity index (χ0v) is 12.4. The standard InChI is InChI=1S/C17H26O/c1-15(2,3)13-7-9-14(10-8-13)17(18)12-6-11-16(17,4)5/h7-10,18H,6,11-12H2,1-5H3. The Morgan fingerprint density at radius 2 is 1.56 bits per heavy atom. The van der Waals surface area contributed by atoms with Gasteiger partial charge in [-0.1, -0.05) is 58.9 Å².